The molecule has 1 amide bonds. The number of carbonyl (C=O) groups is 1. The number of hydrogen-bond acceptors (Lipinski definition) is 4. The van der Waals surface area contributed by atoms with Gasteiger partial charge in [-0.2, -0.15) is 14.6 Å². The van der Waals surface area contributed by atoms with Crippen LogP contribution in [0, 0.1) is 5.13 Å². The third-order valence-electron chi connectivity index (χ3n) is 2.80. The number of thiophene rings is 1. The van der Waals surface area contributed by atoms with Gasteiger partial charge in [0.05, 0.1) is 11.1 Å². The smallest absolute Gasteiger partial charge is 0.281 e. The second kappa shape index (κ2) is 4.93. The Hall–Kier alpha value is -2.02. The van der Waals surface area contributed by atoms with E-state index in [9.17, 15) is 9.18 Å². The molecule has 2 heterocycles. The molecule has 1 aliphatic rings. The third kappa shape index (κ3) is 2.87. The predicted molar refractivity (Wildman–Crippen MR) is 69.9 cm³/mol. The number of hydrogen-bond donors (Lipinski definition) is 2. The maximum atomic E-state index is 12.7. The standard InChI is InChI=1S/C12H11FN4OS/c13-11-4-3-8(19-11)6-14-17-12(18)10-5-9(15-16-10)7-1-2-7/h3-7H,1-2H2,(H,15,16)(H,17,18)/b14-6+. The minimum Gasteiger partial charge on any atom is -0.281 e. The number of aromatic nitrogens is 2. The van der Waals surface area contributed by atoms with Crippen LogP contribution in [-0.2, 0) is 0 Å². The topological polar surface area (TPSA) is 70.1 Å². The number of H-pyrrole nitrogens is 1. The van der Waals surface area contributed by atoms with E-state index in [2.05, 4.69) is 20.7 Å². The van der Waals surface area contributed by atoms with Gasteiger partial charge in [0.25, 0.3) is 5.91 Å². The molecule has 3 rings (SSSR count). The van der Waals surface area contributed by atoms with E-state index < -0.39 is 0 Å². The van der Waals surface area contributed by atoms with E-state index >= 15 is 0 Å². The minimum absolute atomic E-state index is 0.283. The summed E-state index contributed by atoms with van der Waals surface area (Å²) >= 11 is 0.962. The van der Waals surface area contributed by atoms with Gasteiger partial charge in [0, 0.05) is 11.6 Å². The highest BCUT2D eigenvalue weighted by Gasteiger charge is 2.26. The van der Waals surface area contributed by atoms with Gasteiger partial charge in [-0.1, -0.05) is 0 Å². The zero-order valence-electron chi connectivity index (χ0n) is 9.89. The fourth-order valence-electron chi connectivity index (χ4n) is 1.67. The number of nitrogens with one attached hydrogen (secondary N) is 2. The van der Waals surface area contributed by atoms with Crippen LogP contribution in [0.4, 0.5) is 4.39 Å². The Labute approximate surface area is 112 Å². The lowest BCUT2D eigenvalue weighted by Gasteiger charge is -1.93. The molecule has 2 N–H and O–H groups in total. The quantitative estimate of drug-likeness (QED) is 0.665. The zero-order chi connectivity index (χ0) is 13.2. The van der Waals surface area contributed by atoms with Crippen LogP contribution in [0.2, 0.25) is 0 Å². The van der Waals surface area contributed by atoms with E-state index in [1.54, 1.807) is 12.1 Å². The summed E-state index contributed by atoms with van der Waals surface area (Å²) in [6.07, 6.45) is 3.69. The Bertz CT molecular complexity index is 629. The number of nitrogens with zero attached hydrogens (tertiary/aromatic N) is 2. The van der Waals surface area contributed by atoms with Crippen molar-refractivity contribution in [3.8, 4) is 0 Å². The Kier molecular flexibility index (Phi) is 3.12. The van der Waals surface area contributed by atoms with Gasteiger partial charge in [0.1, 0.15) is 0 Å². The lowest BCUT2D eigenvalue weighted by atomic mass is 10.2. The van der Waals surface area contributed by atoms with Crippen LogP contribution in [0.1, 0.15) is 39.8 Å². The highest BCUT2D eigenvalue weighted by Crippen LogP contribution is 2.38. The molecule has 0 aromatic carbocycles. The van der Waals surface area contributed by atoms with E-state index in [-0.39, 0.29) is 11.0 Å². The highest BCUT2D eigenvalue weighted by molar-refractivity contribution is 7.12. The van der Waals surface area contributed by atoms with Gasteiger partial charge in [-0.25, -0.2) is 5.43 Å². The molecule has 2 aromatic rings. The van der Waals surface area contributed by atoms with E-state index in [1.165, 1.54) is 12.3 Å². The first kappa shape index (κ1) is 12.0. The molecular formula is C12H11FN4OS. The molecule has 19 heavy (non-hydrogen) atoms. The maximum Gasteiger partial charge on any atom is 0.291 e. The summed E-state index contributed by atoms with van der Waals surface area (Å²) in [6, 6.07) is 4.69. The molecule has 0 saturated heterocycles. The molecule has 5 nitrogen and oxygen atoms in total. The molecule has 0 aliphatic heterocycles. The Balaban J connectivity index is 1.59. The first-order valence-corrected chi connectivity index (χ1v) is 6.68. The van der Waals surface area contributed by atoms with Gasteiger partial charge >= 0.3 is 0 Å². The van der Waals surface area contributed by atoms with Crippen molar-refractivity contribution in [1.29, 1.82) is 0 Å². The molecule has 2 aromatic heterocycles. The number of aromatic amines is 1. The second-order valence-electron chi connectivity index (χ2n) is 4.32. The first-order valence-electron chi connectivity index (χ1n) is 5.86. The van der Waals surface area contributed by atoms with E-state index in [0.717, 1.165) is 29.9 Å². The zero-order valence-corrected chi connectivity index (χ0v) is 10.7. The summed E-state index contributed by atoms with van der Waals surface area (Å²) < 4.78 is 12.7. The van der Waals surface area contributed by atoms with Gasteiger partial charge in [-0.15, -0.1) is 11.3 Å². The molecule has 98 valence electrons. The normalized spacial score (nSPS) is 15.0. The number of halogens is 1. The monoisotopic (exact) mass is 278 g/mol. The van der Waals surface area contributed by atoms with Crippen LogP contribution in [0.5, 0.6) is 0 Å². The summed E-state index contributed by atoms with van der Waals surface area (Å²) in [5.41, 5.74) is 3.67. The molecule has 0 atom stereocenters. The largest absolute Gasteiger partial charge is 0.291 e. The summed E-state index contributed by atoms with van der Waals surface area (Å²) in [5, 5.41) is 10.3. The average Bonchev–Trinajstić information content (AvgIpc) is 2.97. The molecule has 1 aliphatic carbocycles. The average molecular weight is 278 g/mol. The van der Waals surface area contributed by atoms with E-state index in [1.807, 2.05) is 0 Å². The van der Waals surface area contributed by atoms with Crippen molar-refractivity contribution in [3.63, 3.8) is 0 Å². The van der Waals surface area contributed by atoms with Gasteiger partial charge in [-0.3, -0.25) is 9.89 Å². The maximum absolute atomic E-state index is 12.7. The number of amides is 1. The Morgan fingerprint density at radius 1 is 1.58 bits per heavy atom. The molecule has 0 radical (unpaired) electrons. The minimum atomic E-state index is -0.378. The van der Waals surface area contributed by atoms with Crippen molar-refractivity contribution in [2.24, 2.45) is 5.10 Å². The summed E-state index contributed by atoms with van der Waals surface area (Å²) in [4.78, 5) is 12.4. The van der Waals surface area contributed by atoms with Crippen molar-refractivity contribution >= 4 is 23.5 Å². The van der Waals surface area contributed by atoms with E-state index in [4.69, 9.17) is 0 Å². The fourth-order valence-corrected chi connectivity index (χ4v) is 2.27. The van der Waals surface area contributed by atoms with Gasteiger partial charge in [-0.05, 0) is 31.0 Å². The number of carbonyl (C=O) groups excluding carboxylic acids is 1. The van der Waals surface area contributed by atoms with Crippen molar-refractivity contribution in [1.82, 2.24) is 15.6 Å². The van der Waals surface area contributed by atoms with E-state index in [0.29, 0.717) is 16.5 Å². The van der Waals surface area contributed by atoms with Crippen molar-refractivity contribution in [2.45, 2.75) is 18.8 Å². The van der Waals surface area contributed by atoms with Gasteiger partial charge in [0.2, 0.25) is 0 Å². The molecule has 0 spiro atoms. The SMILES string of the molecule is O=C(N/N=C/c1ccc(F)s1)c1cc(C2CC2)[nH]n1. The van der Waals surface area contributed by atoms with Crippen LogP contribution in [0.15, 0.2) is 23.3 Å². The van der Waals surface area contributed by atoms with Crippen LogP contribution in [0.25, 0.3) is 0 Å². The van der Waals surface area contributed by atoms with Crippen molar-refractivity contribution in [2.75, 3.05) is 0 Å². The molecule has 1 fully saturated rings. The lowest BCUT2D eigenvalue weighted by Crippen LogP contribution is -2.17. The van der Waals surface area contributed by atoms with Crippen LogP contribution < -0.4 is 5.43 Å². The summed E-state index contributed by atoms with van der Waals surface area (Å²) in [7, 11) is 0. The molecule has 0 bridgehead atoms. The predicted octanol–water partition coefficient (Wildman–Crippen LogP) is 2.25. The molecule has 7 heteroatoms. The highest BCUT2D eigenvalue weighted by atomic mass is 32.1. The molecule has 1 saturated carbocycles. The molecular weight excluding hydrogens is 267 g/mol. The number of rotatable bonds is 4. The third-order valence-corrected chi connectivity index (χ3v) is 3.61. The van der Waals surface area contributed by atoms with Crippen LogP contribution >= 0.6 is 11.3 Å². The van der Waals surface area contributed by atoms with Crippen molar-refractivity contribution in [3.05, 3.63) is 39.6 Å². The summed E-state index contributed by atoms with van der Waals surface area (Å²) in [6.45, 7) is 0. The van der Waals surface area contributed by atoms with Crippen LogP contribution in [-0.4, -0.2) is 22.3 Å². The second-order valence-corrected chi connectivity index (χ2v) is 5.39. The Morgan fingerprint density at radius 2 is 2.42 bits per heavy atom. The first-order chi connectivity index (χ1) is 9.22. The summed E-state index contributed by atoms with van der Waals surface area (Å²) in [5.74, 6) is 0.142. The van der Waals surface area contributed by atoms with Crippen LogP contribution in [0.3, 0.4) is 0 Å². The Morgan fingerprint density at radius 3 is 3.11 bits per heavy atom. The van der Waals surface area contributed by atoms with Gasteiger partial charge < -0.3 is 0 Å². The van der Waals surface area contributed by atoms with Gasteiger partial charge in [0.15, 0.2) is 10.8 Å². The number of hydrazone groups is 1. The lowest BCUT2D eigenvalue weighted by molar-refractivity contribution is 0.0950. The van der Waals surface area contributed by atoms with Crippen molar-refractivity contribution < 1.29 is 9.18 Å². The molecule has 0 unspecified atom stereocenters. The fraction of sp³-hybridized carbons (Fsp3) is 0.250.